The molecule has 1 saturated heterocycles. The predicted molar refractivity (Wildman–Crippen MR) is 98.8 cm³/mol. The van der Waals surface area contributed by atoms with Crippen LogP contribution in [0.1, 0.15) is 25.3 Å². The van der Waals surface area contributed by atoms with Crippen LogP contribution >= 0.6 is 0 Å². The summed E-state index contributed by atoms with van der Waals surface area (Å²) in [5, 5.41) is 13.9. The molecule has 2 fully saturated rings. The summed E-state index contributed by atoms with van der Waals surface area (Å²) in [6, 6.07) is 3.84. The van der Waals surface area contributed by atoms with Gasteiger partial charge in [0, 0.05) is 44.4 Å². The van der Waals surface area contributed by atoms with Gasteiger partial charge in [-0.1, -0.05) is 6.07 Å². The molecule has 2 aliphatic rings. The van der Waals surface area contributed by atoms with E-state index < -0.39 is 14.9 Å². The third-order valence-electron chi connectivity index (χ3n) is 5.12. The highest BCUT2D eigenvalue weighted by Crippen LogP contribution is 2.26. The smallest absolute Gasteiger partial charge is 0.270 e. The first-order valence-corrected chi connectivity index (χ1v) is 10.4. The molecule has 0 aromatic heterocycles. The Morgan fingerprint density at radius 3 is 2.44 bits per heavy atom. The molecule has 1 aliphatic carbocycles. The highest BCUT2D eigenvalue weighted by molar-refractivity contribution is 7.89. The standard InChI is InChI=1S/C17H24N4O5S/c1-12-3-6-15(21(23)24)11-16(12)27(25,26)20-9-7-19(8-10-20)13(2)17(22)18-14-4-5-14/h3,6,11,13-14H,4-5,7-10H2,1-2H3,(H,18,22). The van der Waals surface area contributed by atoms with Crippen LogP contribution in [0.15, 0.2) is 23.1 Å². The van der Waals surface area contributed by atoms with E-state index in [1.807, 2.05) is 11.8 Å². The lowest BCUT2D eigenvalue weighted by Gasteiger charge is -2.36. The number of hydrogen-bond donors (Lipinski definition) is 1. The van der Waals surface area contributed by atoms with Gasteiger partial charge in [0.2, 0.25) is 15.9 Å². The van der Waals surface area contributed by atoms with E-state index in [0.29, 0.717) is 24.7 Å². The largest absolute Gasteiger partial charge is 0.352 e. The number of carbonyl (C=O) groups excluding carboxylic acids is 1. The molecule has 1 aromatic carbocycles. The zero-order chi connectivity index (χ0) is 19.8. The number of nitrogens with zero attached hydrogens (tertiary/aromatic N) is 3. The van der Waals surface area contributed by atoms with Crippen LogP contribution in [-0.4, -0.2) is 66.7 Å². The highest BCUT2D eigenvalue weighted by Gasteiger charge is 2.34. The average Bonchev–Trinajstić information content (AvgIpc) is 3.45. The van der Waals surface area contributed by atoms with Crippen molar-refractivity contribution in [3.05, 3.63) is 33.9 Å². The number of aryl methyl sites for hydroxylation is 1. The van der Waals surface area contributed by atoms with Gasteiger partial charge < -0.3 is 5.32 Å². The van der Waals surface area contributed by atoms with Gasteiger partial charge in [0.25, 0.3) is 5.69 Å². The molecule has 1 aromatic rings. The summed E-state index contributed by atoms with van der Waals surface area (Å²) in [5.41, 5.74) is 0.225. The van der Waals surface area contributed by atoms with Gasteiger partial charge in [-0.15, -0.1) is 0 Å². The van der Waals surface area contributed by atoms with E-state index in [1.54, 1.807) is 6.92 Å². The van der Waals surface area contributed by atoms with E-state index in [9.17, 15) is 23.3 Å². The normalized spacial score (nSPS) is 20.2. The van der Waals surface area contributed by atoms with Gasteiger partial charge in [0.05, 0.1) is 15.9 Å². The van der Waals surface area contributed by atoms with Crippen molar-refractivity contribution in [3.8, 4) is 0 Å². The van der Waals surface area contributed by atoms with Crippen LogP contribution in [-0.2, 0) is 14.8 Å². The molecule has 0 spiro atoms. The summed E-state index contributed by atoms with van der Waals surface area (Å²) >= 11 is 0. The number of amides is 1. The Kier molecular flexibility index (Phi) is 5.50. The first-order valence-electron chi connectivity index (χ1n) is 9.00. The Morgan fingerprint density at radius 2 is 1.89 bits per heavy atom. The maximum atomic E-state index is 13.0. The lowest BCUT2D eigenvalue weighted by molar-refractivity contribution is -0.385. The molecule has 27 heavy (non-hydrogen) atoms. The summed E-state index contributed by atoms with van der Waals surface area (Å²) in [6.07, 6.45) is 2.04. The number of nitro benzene ring substituents is 1. The molecule has 3 rings (SSSR count). The van der Waals surface area contributed by atoms with Crippen LogP contribution in [0.25, 0.3) is 0 Å². The molecule has 1 aliphatic heterocycles. The highest BCUT2D eigenvalue weighted by atomic mass is 32.2. The first-order chi connectivity index (χ1) is 12.7. The van der Waals surface area contributed by atoms with Gasteiger partial charge >= 0.3 is 0 Å². The fraction of sp³-hybridized carbons (Fsp3) is 0.588. The second-order valence-corrected chi connectivity index (χ2v) is 9.01. The number of piperazine rings is 1. The predicted octanol–water partition coefficient (Wildman–Crippen LogP) is 0.877. The Hall–Kier alpha value is -2.04. The van der Waals surface area contributed by atoms with Gasteiger partial charge in [-0.3, -0.25) is 19.8 Å². The van der Waals surface area contributed by atoms with Crippen molar-refractivity contribution in [2.45, 2.75) is 43.7 Å². The van der Waals surface area contributed by atoms with E-state index in [2.05, 4.69) is 5.32 Å². The lowest BCUT2D eigenvalue weighted by atomic mass is 10.2. The number of rotatable bonds is 6. The number of nitrogens with one attached hydrogen (secondary N) is 1. The van der Waals surface area contributed by atoms with Crippen LogP contribution in [0, 0.1) is 17.0 Å². The number of nitro groups is 1. The molecule has 1 amide bonds. The molecular formula is C17H24N4O5S. The minimum Gasteiger partial charge on any atom is -0.352 e. The van der Waals surface area contributed by atoms with E-state index in [-0.39, 0.29) is 35.6 Å². The van der Waals surface area contributed by atoms with E-state index in [1.165, 1.54) is 16.4 Å². The molecule has 1 unspecified atom stereocenters. The third-order valence-corrected chi connectivity index (χ3v) is 7.17. The minimum absolute atomic E-state index is 0.0247. The quantitative estimate of drug-likeness (QED) is 0.564. The molecule has 1 saturated carbocycles. The zero-order valence-corrected chi connectivity index (χ0v) is 16.2. The molecule has 1 heterocycles. The summed E-state index contributed by atoms with van der Waals surface area (Å²) in [7, 11) is -3.83. The van der Waals surface area contributed by atoms with Crippen LogP contribution in [0.2, 0.25) is 0 Å². The minimum atomic E-state index is -3.83. The van der Waals surface area contributed by atoms with Gasteiger partial charge in [-0.05, 0) is 32.3 Å². The number of carbonyl (C=O) groups is 1. The Labute approximate surface area is 158 Å². The monoisotopic (exact) mass is 396 g/mol. The summed E-state index contributed by atoms with van der Waals surface area (Å²) in [5.74, 6) is -0.0247. The van der Waals surface area contributed by atoms with Crippen molar-refractivity contribution in [2.75, 3.05) is 26.2 Å². The Morgan fingerprint density at radius 1 is 1.26 bits per heavy atom. The van der Waals surface area contributed by atoms with E-state index in [4.69, 9.17) is 0 Å². The zero-order valence-electron chi connectivity index (χ0n) is 15.4. The summed E-state index contributed by atoms with van der Waals surface area (Å²) in [6.45, 7) is 4.81. The van der Waals surface area contributed by atoms with Crippen LogP contribution < -0.4 is 5.32 Å². The van der Waals surface area contributed by atoms with Crippen molar-refractivity contribution < 1.29 is 18.1 Å². The van der Waals surface area contributed by atoms with Gasteiger partial charge in [-0.2, -0.15) is 4.31 Å². The van der Waals surface area contributed by atoms with E-state index >= 15 is 0 Å². The van der Waals surface area contributed by atoms with Crippen LogP contribution in [0.4, 0.5) is 5.69 Å². The maximum Gasteiger partial charge on any atom is 0.270 e. The van der Waals surface area contributed by atoms with Crippen molar-refractivity contribution in [1.29, 1.82) is 0 Å². The number of benzene rings is 1. The van der Waals surface area contributed by atoms with Crippen LogP contribution in [0.5, 0.6) is 0 Å². The number of hydrogen-bond acceptors (Lipinski definition) is 6. The van der Waals surface area contributed by atoms with Crippen molar-refractivity contribution in [2.24, 2.45) is 0 Å². The topological polar surface area (TPSA) is 113 Å². The maximum absolute atomic E-state index is 13.0. The van der Waals surface area contributed by atoms with Gasteiger partial charge in [-0.25, -0.2) is 8.42 Å². The molecule has 10 heteroatoms. The second kappa shape index (κ2) is 7.53. The van der Waals surface area contributed by atoms with E-state index in [0.717, 1.165) is 18.9 Å². The second-order valence-electron chi connectivity index (χ2n) is 7.11. The number of non-ortho nitro benzene ring substituents is 1. The van der Waals surface area contributed by atoms with Crippen molar-refractivity contribution in [3.63, 3.8) is 0 Å². The van der Waals surface area contributed by atoms with Gasteiger partial charge in [0.1, 0.15) is 0 Å². The Bertz CT molecular complexity index is 845. The first kappa shape index (κ1) is 19.7. The van der Waals surface area contributed by atoms with Crippen molar-refractivity contribution >= 4 is 21.6 Å². The van der Waals surface area contributed by atoms with Crippen LogP contribution in [0.3, 0.4) is 0 Å². The molecule has 0 bridgehead atoms. The Balaban J connectivity index is 1.68. The SMILES string of the molecule is Cc1ccc([N+](=O)[O-])cc1S(=O)(=O)N1CCN(C(C)C(=O)NC2CC2)CC1. The molecule has 1 N–H and O–H groups in total. The number of sulfonamides is 1. The fourth-order valence-corrected chi connectivity index (χ4v) is 4.83. The summed E-state index contributed by atoms with van der Waals surface area (Å²) < 4.78 is 27.2. The molecule has 1 atom stereocenters. The summed E-state index contributed by atoms with van der Waals surface area (Å²) in [4.78, 5) is 24.5. The molecule has 9 nitrogen and oxygen atoms in total. The molecular weight excluding hydrogens is 372 g/mol. The molecule has 148 valence electrons. The fourth-order valence-electron chi connectivity index (χ4n) is 3.17. The average molecular weight is 396 g/mol. The third kappa shape index (κ3) is 4.28. The van der Waals surface area contributed by atoms with Gasteiger partial charge in [0.15, 0.2) is 0 Å². The van der Waals surface area contributed by atoms with Crippen molar-refractivity contribution in [1.82, 2.24) is 14.5 Å². The molecule has 0 radical (unpaired) electrons. The lowest BCUT2D eigenvalue weighted by Crippen LogP contribution is -2.55.